The summed E-state index contributed by atoms with van der Waals surface area (Å²) in [4.78, 5) is 86.8. The summed E-state index contributed by atoms with van der Waals surface area (Å²) in [5.74, 6) is -4.93. The lowest BCUT2D eigenvalue weighted by molar-refractivity contribution is -0.146. The Bertz CT molecular complexity index is 1100. The van der Waals surface area contributed by atoms with Crippen molar-refractivity contribution in [3.05, 3.63) is 18.2 Å². The van der Waals surface area contributed by atoms with E-state index in [1.807, 2.05) is 13.8 Å². The molecule has 0 radical (unpaired) electrons. The molecule has 1 aromatic heterocycles. The number of hydrogen-bond acceptors (Lipinski definition) is 7. The first-order chi connectivity index (χ1) is 18.9. The van der Waals surface area contributed by atoms with E-state index in [9.17, 15) is 33.9 Å². The second-order valence-electron chi connectivity index (χ2n) is 11.1. The number of aliphatic carboxylic acids is 1. The zero-order chi connectivity index (χ0) is 29.6. The molecule has 2 saturated heterocycles. The number of aromatic nitrogens is 2. The maximum absolute atomic E-state index is 13.5. The highest BCUT2D eigenvalue weighted by Crippen LogP contribution is 2.21. The van der Waals surface area contributed by atoms with E-state index in [0.717, 1.165) is 0 Å². The van der Waals surface area contributed by atoms with Gasteiger partial charge in [-0.05, 0) is 31.1 Å². The molecule has 2 fully saturated rings. The van der Waals surface area contributed by atoms with E-state index in [4.69, 9.17) is 0 Å². The SMILES string of the molecule is CC(C)CC1NC(=O)C(C(C)C)NC(=O)C2CCCN2C(=O)C(CC(=O)O)NC(=O)C(Cc2cnc[nH]2)NC1=O. The quantitative estimate of drug-likeness (QED) is 0.245. The van der Waals surface area contributed by atoms with E-state index in [1.54, 1.807) is 13.8 Å². The number of carboxylic acid groups (broad SMARTS) is 1. The van der Waals surface area contributed by atoms with Crippen LogP contribution < -0.4 is 21.3 Å². The van der Waals surface area contributed by atoms with E-state index in [0.29, 0.717) is 18.5 Å². The molecule has 0 aromatic carbocycles. The number of imidazole rings is 1. The van der Waals surface area contributed by atoms with E-state index in [1.165, 1.54) is 17.4 Å². The van der Waals surface area contributed by atoms with E-state index < -0.39 is 72.1 Å². The number of amides is 5. The fourth-order valence-electron chi connectivity index (χ4n) is 5.00. The molecule has 6 N–H and O–H groups in total. The van der Waals surface area contributed by atoms with Crippen molar-refractivity contribution in [3.63, 3.8) is 0 Å². The molecule has 5 atom stereocenters. The van der Waals surface area contributed by atoms with Gasteiger partial charge in [-0.25, -0.2) is 4.98 Å². The van der Waals surface area contributed by atoms with Crippen LogP contribution in [0.15, 0.2) is 12.5 Å². The molecule has 1 aromatic rings. The second-order valence-corrected chi connectivity index (χ2v) is 11.1. The van der Waals surface area contributed by atoms with Gasteiger partial charge < -0.3 is 36.3 Å². The molecule has 0 spiro atoms. The van der Waals surface area contributed by atoms with Crippen LogP contribution in [0.3, 0.4) is 0 Å². The van der Waals surface area contributed by atoms with E-state index in [2.05, 4.69) is 31.2 Å². The smallest absolute Gasteiger partial charge is 0.305 e. The number of nitrogens with zero attached hydrogens (tertiary/aromatic N) is 2. The van der Waals surface area contributed by atoms with Gasteiger partial charge in [-0.2, -0.15) is 0 Å². The zero-order valence-electron chi connectivity index (χ0n) is 23.2. The number of hydrogen-bond donors (Lipinski definition) is 6. The lowest BCUT2D eigenvalue weighted by atomic mass is 9.99. The number of carbonyl (C=O) groups is 6. The Morgan fingerprint density at radius 3 is 2.20 bits per heavy atom. The first kappa shape index (κ1) is 30.6. The summed E-state index contributed by atoms with van der Waals surface area (Å²) >= 11 is 0. The maximum atomic E-state index is 13.5. The normalized spacial score (nSPS) is 26.9. The van der Waals surface area contributed by atoms with Crippen LogP contribution in [0.1, 0.15) is 59.1 Å². The zero-order valence-corrected chi connectivity index (χ0v) is 23.2. The van der Waals surface area contributed by atoms with Gasteiger partial charge >= 0.3 is 5.97 Å². The Morgan fingerprint density at radius 2 is 1.60 bits per heavy atom. The van der Waals surface area contributed by atoms with Crippen molar-refractivity contribution in [1.82, 2.24) is 36.1 Å². The van der Waals surface area contributed by atoms with Gasteiger partial charge in [0, 0.05) is 24.9 Å². The minimum atomic E-state index is -1.48. The van der Waals surface area contributed by atoms with Crippen LogP contribution in [-0.2, 0) is 35.2 Å². The van der Waals surface area contributed by atoms with Gasteiger partial charge in [0.2, 0.25) is 29.5 Å². The molecular formula is C26H39N7O7. The standard InChI is InChI=1S/C26H39N7O7/c1-13(2)8-16-22(36)29-17(9-15-11-27-12-28-15)23(37)31-18(10-20(34)35)26(40)33-7-5-6-19(33)24(38)32-21(14(3)4)25(39)30-16/h11-14,16-19,21H,5-10H2,1-4H3,(H,27,28)(H,29,36)(H,30,39)(H,31,37)(H,32,38)(H,34,35). The van der Waals surface area contributed by atoms with E-state index in [-0.39, 0.29) is 31.2 Å². The Kier molecular flexibility index (Phi) is 10.2. The van der Waals surface area contributed by atoms with Crippen molar-refractivity contribution in [2.75, 3.05) is 6.54 Å². The monoisotopic (exact) mass is 561 g/mol. The minimum absolute atomic E-state index is 0.00489. The Labute approximate surface area is 232 Å². The Balaban J connectivity index is 2.04. The van der Waals surface area contributed by atoms with Crippen LogP contribution in [0.5, 0.6) is 0 Å². The van der Waals surface area contributed by atoms with Gasteiger partial charge in [0.1, 0.15) is 30.2 Å². The van der Waals surface area contributed by atoms with E-state index >= 15 is 0 Å². The fraction of sp³-hybridized carbons (Fsp3) is 0.654. The van der Waals surface area contributed by atoms with Crippen molar-refractivity contribution >= 4 is 35.5 Å². The predicted molar refractivity (Wildman–Crippen MR) is 141 cm³/mol. The summed E-state index contributed by atoms with van der Waals surface area (Å²) in [7, 11) is 0. The molecule has 0 aliphatic carbocycles. The highest BCUT2D eigenvalue weighted by atomic mass is 16.4. The molecule has 2 aliphatic heterocycles. The minimum Gasteiger partial charge on any atom is -0.481 e. The molecule has 5 amide bonds. The first-order valence-corrected chi connectivity index (χ1v) is 13.6. The molecular weight excluding hydrogens is 522 g/mol. The van der Waals surface area contributed by atoms with Gasteiger partial charge in [-0.15, -0.1) is 0 Å². The average Bonchev–Trinajstić information content (AvgIpc) is 3.56. The number of nitrogens with one attached hydrogen (secondary N) is 5. The molecule has 14 nitrogen and oxygen atoms in total. The topological polar surface area (TPSA) is 203 Å². The summed E-state index contributed by atoms with van der Waals surface area (Å²) in [5, 5.41) is 20.1. The number of carbonyl (C=O) groups excluding carboxylic acids is 5. The number of aromatic amines is 1. The predicted octanol–water partition coefficient (Wildman–Crippen LogP) is -0.927. The van der Waals surface area contributed by atoms with Gasteiger partial charge in [-0.1, -0.05) is 27.7 Å². The molecule has 3 heterocycles. The van der Waals surface area contributed by atoms with Gasteiger partial charge in [0.25, 0.3) is 0 Å². The average molecular weight is 562 g/mol. The van der Waals surface area contributed by atoms with Crippen LogP contribution in [0.2, 0.25) is 0 Å². The molecule has 5 unspecified atom stereocenters. The summed E-state index contributed by atoms with van der Waals surface area (Å²) in [5.41, 5.74) is 0.512. The molecule has 40 heavy (non-hydrogen) atoms. The summed E-state index contributed by atoms with van der Waals surface area (Å²) < 4.78 is 0. The van der Waals surface area contributed by atoms with Crippen LogP contribution in [-0.4, -0.2) is 92.2 Å². The van der Waals surface area contributed by atoms with Crippen molar-refractivity contribution < 1.29 is 33.9 Å². The van der Waals surface area contributed by atoms with Crippen LogP contribution in [0.4, 0.5) is 0 Å². The molecule has 0 bridgehead atoms. The van der Waals surface area contributed by atoms with Gasteiger partial charge in [0.15, 0.2) is 0 Å². The number of carboxylic acids is 1. The lowest BCUT2D eigenvalue weighted by Crippen LogP contribution is -2.59. The Hall–Kier alpha value is -3.97. The van der Waals surface area contributed by atoms with Crippen molar-refractivity contribution in [1.29, 1.82) is 0 Å². The highest BCUT2D eigenvalue weighted by molar-refractivity contribution is 5.99. The van der Waals surface area contributed by atoms with Gasteiger partial charge in [0.05, 0.1) is 12.7 Å². The highest BCUT2D eigenvalue weighted by Gasteiger charge is 2.41. The number of rotatable bonds is 7. The maximum Gasteiger partial charge on any atom is 0.305 e. The number of fused-ring (bicyclic) bond motifs is 1. The van der Waals surface area contributed by atoms with Crippen LogP contribution in [0, 0.1) is 11.8 Å². The Morgan fingerprint density at radius 1 is 0.950 bits per heavy atom. The second kappa shape index (κ2) is 13.4. The lowest BCUT2D eigenvalue weighted by Gasteiger charge is -2.30. The van der Waals surface area contributed by atoms with Crippen molar-refractivity contribution in [2.24, 2.45) is 11.8 Å². The third-order valence-corrected chi connectivity index (χ3v) is 7.03. The van der Waals surface area contributed by atoms with Crippen molar-refractivity contribution in [2.45, 2.75) is 90.0 Å². The first-order valence-electron chi connectivity index (χ1n) is 13.6. The molecule has 0 saturated carbocycles. The fourth-order valence-corrected chi connectivity index (χ4v) is 5.00. The van der Waals surface area contributed by atoms with Crippen LogP contribution in [0.25, 0.3) is 0 Å². The number of H-pyrrole nitrogens is 1. The molecule has 2 aliphatic rings. The van der Waals surface area contributed by atoms with Crippen molar-refractivity contribution in [3.8, 4) is 0 Å². The van der Waals surface area contributed by atoms with Crippen LogP contribution >= 0.6 is 0 Å². The third-order valence-electron chi connectivity index (χ3n) is 7.03. The summed E-state index contributed by atoms with van der Waals surface area (Å²) in [6.07, 6.45) is 3.19. The third kappa shape index (κ3) is 7.79. The molecule has 14 heteroatoms. The largest absolute Gasteiger partial charge is 0.481 e. The summed E-state index contributed by atoms with van der Waals surface area (Å²) in [6.45, 7) is 7.44. The summed E-state index contributed by atoms with van der Waals surface area (Å²) in [6, 6.07) is -5.65. The van der Waals surface area contributed by atoms with Gasteiger partial charge in [-0.3, -0.25) is 28.8 Å². The molecule has 220 valence electrons. The molecule has 3 rings (SSSR count).